The second-order valence-electron chi connectivity index (χ2n) is 8.64. The highest BCUT2D eigenvalue weighted by Crippen LogP contribution is 2.26. The minimum absolute atomic E-state index is 0.436. The van der Waals surface area contributed by atoms with Crippen LogP contribution in [0.2, 0.25) is 0 Å². The molecule has 0 saturated carbocycles. The molecule has 0 aromatic carbocycles. The van der Waals surface area contributed by atoms with Crippen LogP contribution in [0, 0.1) is 20.8 Å². The lowest BCUT2D eigenvalue weighted by Gasteiger charge is -2.37. The van der Waals surface area contributed by atoms with E-state index >= 15 is 0 Å². The highest BCUT2D eigenvalue weighted by Gasteiger charge is 2.24. The molecule has 0 radical (unpaired) electrons. The van der Waals surface area contributed by atoms with Gasteiger partial charge in [-0.3, -0.25) is 4.90 Å². The Balaban J connectivity index is 0.000000509. The summed E-state index contributed by atoms with van der Waals surface area (Å²) < 4.78 is 7.44. The third-order valence-electron chi connectivity index (χ3n) is 6.07. The smallest absolute Gasteiger partial charge is 0.414 e. The lowest BCUT2D eigenvalue weighted by atomic mass is 10.1. The Hall–Kier alpha value is -2.99. The molecule has 3 aromatic rings. The minimum Gasteiger partial charge on any atom is -0.473 e. The number of hydrogen-bond donors (Lipinski definition) is 3. The number of aryl methyl sites for hydroxylation is 2. The molecule has 4 rings (SSSR count). The third-order valence-corrected chi connectivity index (χ3v) is 7.04. The first-order chi connectivity index (χ1) is 16.7. The van der Waals surface area contributed by atoms with Gasteiger partial charge < -0.3 is 29.5 Å². The minimum atomic E-state index is -1.82. The fourth-order valence-corrected chi connectivity index (χ4v) is 5.05. The Bertz CT molecular complexity index is 1100. The number of nitrogens with one attached hydrogen (secondary N) is 1. The summed E-state index contributed by atoms with van der Waals surface area (Å²) in [4.78, 5) is 24.7. The molecule has 1 saturated heterocycles. The zero-order valence-electron chi connectivity index (χ0n) is 20.5. The van der Waals surface area contributed by atoms with Crippen LogP contribution in [0.15, 0.2) is 34.2 Å². The van der Waals surface area contributed by atoms with Crippen LogP contribution in [-0.4, -0.2) is 81.4 Å². The Labute approximate surface area is 208 Å². The van der Waals surface area contributed by atoms with Crippen molar-refractivity contribution in [2.45, 2.75) is 33.4 Å². The Morgan fingerprint density at radius 1 is 1.14 bits per heavy atom. The van der Waals surface area contributed by atoms with E-state index in [9.17, 15) is 0 Å². The van der Waals surface area contributed by atoms with Crippen LogP contribution in [0.3, 0.4) is 0 Å². The van der Waals surface area contributed by atoms with E-state index in [0.717, 1.165) is 50.8 Å². The number of likely N-dealkylation sites (N-methyl/N-ethyl adjacent to an activating group) is 1. The summed E-state index contributed by atoms with van der Waals surface area (Å²) in [6.45, 7) is 12.5. The molecule has 0 bridgehead atoms. The Kier molecular flexibility index (Phi) is 9.21. The second kappa shape index (κ2) is 12.1. The van der Waals surface area contributed by atoms with Crippen LogP contribution in [0.5, 0.6) is 0 Å². The van der Waals surface area contributed by atoms with Gasteiger partial charge >= 0.3 is 11.9 Å². The van der Waals surface area contributed by atoms with E-state index in [-0.39, 0.29) is 0 Å². The van der Waals surface area contributed by atoms with E-state index in [1.807, 2.05) is 24.3 Å². The molecule has 0 spiro atoms. The first kappa shape index (κ1) is 26.6. The molecule has 3 N–H and O–H groups in total. The average Bonchev–Trinajstić information content (AvgIpc) is 3.54. The summed E-state index contributed by atoms with van der Waals surface area (Å²) in [5.74, 6) is -1.96. The highest BCUT2D eigenvalue weighted by atomic mass is 32.1. The molecular formula is C24H33N5O5S. The van der Waals surface area contributed by atoms with Crippen LogP contribution < -0.4 is 5.32 Å². The molecule has 1 aliphatic rings. The van der Waals surface area contributed by atoms with Crippen molar-refractivity contribution in [3.8, 4) is 5.82 Å². The molecule has 35 heavy (non-hydrogen) atoms. The maximum absolute atomic E-state index is 9.10. The molecule has 4 heterocycles. The third kappa shape index (κ3) is 7.01. The fraction of sp³-hybridized carbons (Fsp3) is 0.458. The summed E-state index contributed by atoms with van der Waals surface area (Å²) in [5.41, 5.74) is 3.71. The van der Waals surface area contributed by atoms with Crippen LogP contribution in [0.1, 0.15) is 33.6 Å². The van der Waals surface area contributed by atoms with Gasteiger partial charge in [0.1, 0.15) is 5.76 Å². The number of hydrogen-bond acceptors (Lipinski definition) is 8. The van der Waals surface area contributed by atoms with Crippen molar-refractivity contribution < 1.29 is 24.3 Å². The van der Waals surface area contributed by atoms with E-state index in [1.54, 1.807) is 0 Å². The molecular weight excluding hydrogens is 470 g/mol. The van der Waals surface area contributed by atoms with E-state index in [2.05, 4.69) is 69.3 Å². The maximum atomic E-state index is 9.10. The normalized spacial score (nSPS) is 15.4. The fourth-order valence-electron chi connectivity index (χ4n) is 4.19. The maximum Gasteiger partial charge on any atom is 0.414 e. The van der Waals surface area contributed by atoms with Crippen molar-refractivity contribution in [2.24, 2.45) is 0 Å². The number of aromatic nitrogens is 2. The van der Waals surface area contributed by atoms with E-state index < -0.39 is 11.9 Å². The molecule has 1 aliphatic heterocycles. The first-order valence-corrected chi connectivity index (χ1v) is 12.3. The van der Waals surface area contributed by atoms with Crippen molar-refractivity contribution in [3.63, 3.8) is 0 Å². The number of carboxylic acids is 2. The van der Waals surface area contributed by atoms with Crippen molar-refractivity contribution in [3.05, 3.63) is 57.2 Å². The van der Waals surface area contributed by atoms with Crippen molar-refractivity contribution in [1.29, 1.82) is 0 Å². The zero-order valence-corrected chi connectivity index (χ0v) is 21.3. The SMILES string of the molecule is Cc1cc(-n2c(C)cc(CNCC(c3cccs3)N3CCN(C)CC3)c2C)no1.O=C(O)C(=O)O. The number of thiophene rings is 1. The molecule has 3 aromatic heterocycles. The van der Waals surface area contributed by atoms with Crippen molar-refractivity contribution in [2.75, 3.05) is 39.8 Å². The number of nitrogens with zero attached hydrogens (tertiary/aromatic N) is 4. The lowest BCUT2D eigenvalue weighted by Crippen LogP contribution is -2.47. The van der Waals surface area contributed by atoms with Gasteiger partial charge in [-0.15, -0.1) is 11.3 Å². The Morgan fingerprint density at radius 2 is 1.83 bits per heavy atom. The molecule has 1 atom stereocenters. The first-order valence-electron chi connectivity index (χ1n) is 11.4. The molecule has 11 heteroatoms. The standard InChI is InChI=1S/C22H31N5OS.C2H2O4/c1-16-12-19(18(3)27(16)22-13-17(2)28-24-22)14-23-15-20(21-6-5-11-29-21)26-9-7-25(4)8-10-26;3-1(4)2(5)6/h5-6,11-13,20,23H,7-10,14-15H2,1-4H3;(H,3,4)(H,5,6). The van der Waals surface area contributed by atoms with Crippen LogP contribution in [-0.2, 0) is 16.1 Å². The Morgan fingerprint density at radius 3 is 2.37 bits per heavy atom. The average molecular weight is 504 g/mol. The quantitative estimate of drug-likeness (QED) is 0.417. The lowest BCUT2D eigenvalue weighted by molar-refractivity contribution is -0.159. The molecule has 0 amide bonds. The molecule has 1 unspecified atom stereocenters. The molecule has 0 aliphatic carbocycles. The second-order valence-corrected chi connectivity index (χ2v) is 9.62. The number of piperazine rings is 1. The van der Waals surface area contributed by atoms with Gasteiger partial charge in [-0.1, -0.05) is 11.2 Å². The number of rotatable bonds is 7. The predicted octanol–water partition coefficient (Wildman–Crippen LogP) is 2.69. The number of carboxylic acid groups (broad SMARTS) is 2. The summed E-state index contributed by atoms with van der Waals surface area (Å²) in [6.07, 6.45) is 0. The predicted molar refractivity (Wildman–Crippen MR) is 133 cm³/mol. The van der Waals surface area contributed by atoms with Gasteiger partial charge in [0.15, 0.2) is 5.82 Å². The molecule has 10 nitrogen and oxygen atoms in total. The summed E-state index contributed by atoms with van der Waals surface area (Å²) in [5, 5.41) is 24.9. The highest BCUT2D eigenvalue weighted by molar-refractivity contribution is 7.10. The van der Waals surface area contributed by atoms with Crippen molar-refractivity contribution >= 4 is 23.3 Å². The van der Waals surface area contributed by atoms with E-state index in [1.165, 1.54) is 21.8 Å². The van der Waals surface area contributed by atoms with Gasteiger partial charge in [0, 0.05) is 61.6 Å². The largest absolute Gasteiger partial charge is 0.473 e. The van der Waals surface area contributed by atoms with Gasteiger partial charge in [-0.25, -0.2) is 9.59 Å². The van der Waals surface area contributed by atoms with Gasteiger partial charge in [0.05, 0.1) is 6.04 Å². The zero-order chi connectivity index (χ0) is 25.5. The van der Waals surface area contributed by atoms with Gasteiger partial charge in [-0.2, -0.15) is 0 Å². The number of aliphatic carboxylic acids is 2. The summed E-state index contributed by atoms with van der Waals surface area (Å²) in [6, 6.07) is 9.11. The van der Waals surface area contributed by atoms with Crippen LogP contribution in [0.4, 0.5) is 0 Å². The van der Waals surface area contributed by atoms with E-state index in [4.69, 9.17) is 24.3 Å². The van der Waals surface area contributed by atoms with Gasteiger partial charge in [-0.05, 0) is 50.9 Å². The van der Waals surface area contributed by atoms with Crippen molar-refractivity contribution in [1.82, 2.24) is 24.8 Å². The monoisotopic (exact) mass is 503 g/mol. The van der Waals surface area contributed by atoms with Gasteiger partial charge in [0.25, 0.3) is 0 Å². The van der Waals surface area contributed by atoms with E-state index in [0.29, 0.717) is 6.04 Å². The van der Waals surface area contributed by atoms with Crippen LogP contribution >= 0.6 is 11.3 Å². The topological polar surface area (TPSA) is 124 Å². The van der Waals surface area contributed by atoms with Gasteiger partial charge in [0.2, 0.25) is 0 Å². The van der Waals surface area contributed by atoms with Crippen LogP contribution in [0.25, 0.3) is 5.82 Å². The summed E-state index contributed by atoms with van der Waals surface area (Å²) in [7, 11) is 2.21. The molecule has 1 fully saturated rings. The number of carbonyl (C=O) groups is 2. The summed E-state index contributed by atoms with van der Waals surface area (Å²) >= 11 is 1.86. The molecule has 190 valence electrons.